The van der Waals surface area contributed by atoms with Gasteiger partial charge in [0.1, 0.15) is 18.0 Å². The Bertz CT molecular complexity index is 937. The van der Waals surface area contributed by atoms with Crippen LogP contribution in [0.15, 0.2) is 35.9 Å². The fraction of sp³-hybridized carbons (Fsp3) is 0.630. The summed E-state index contributed by atoms with van der Waals surface area (Å²) >= 11 is 0. The summed E-state index contributed by atoms with van der Waals surface area (Å²) in [5.41, 5.74) is 1.37. The number of aliphatic hydroxyl groups is 2. The van der Waals surface area contributed by atoms with Crippen molar-refractivity contribution in [2.75, 3.05) is 19.7 Å². The largest absolute Gasteiger partial charge is 0.486 e. The summed E-state index contributed by atoms with van der Waals surface area (Å²) in [6.45, 7) is 0.604. The molecule has 34 heavy (non-hydrogen) atoms. The zero-order chi connectivity index (χ0) is 23.7. The van der Waals surface area contributed by atoms with E-state index >= 15 is 0 Å². The van der Waals surface area contributed by atoms with E-state index in [-0.39, 0.29) is 25.0 Å². The highest BCUT2D eigenvalue weighted by Gasteiger charge is 2.50. The summed E-state index contributed by atoms with van der Waals surface area (Å²) in [6.07, 6.45) is 8.70. The van der Waals surface area contributed by atoms with E-state index in [1.54, 1.807) is 6.08 Å². The maximum atomic E-state index is 13.5. The molecule has 2 amide bonds. The number of nitrogens with zero attached hydrogens (tertiary/aromatic N) is 1. The number of fused-ring (bicyclic) bond motifs is 3. The van der Waals surface area contributed by atoms with Crippen molar-refractivity contribution in [3.8, 4) is 5.75 Å². The van der Waals surface area contributed by atoms with E-state index < -0.39 is 24.2 Å². The molecular formula is C27H36N2O5. The van der Waals surface area contributed by atoms with Crippen molar-refractivity contribution in [3.05, 3.63) is 41.5 Å². The molecule has 1 aromatic rings. The van der Waals surface area contributed by atoms with Crippen molar-refractivity contribution in [1.29, 1.82) is 0 Å². The van der Waals surface area contributed by atoms with E-state index in [0.717, 1.165) is 24.8 Å². The zero-order valence-corrected chi connectivity index (χ0v) is 19.7. The predicted octanol–water partition coefficient (Wildman–Crippen LogP) is 2.52. The quantitative estimate of drug-likeness (QED) is 0.517. The number of para-hydroxylation sites is 1. The second-order valence-corrected chi connectivity index (χ2v) is 10.4. The molecule has 4 atom stereocenters. The number of carbonyl (C=O) groups excluding carboxylic acids is 2. The number of ether oxygens (including phenoxy) is 1. The van der Waals surface area contributed by atoms with Crippen LogP contribution >= 0.6 is 0 Å². The second-order valence-electron chi connectivity index (χ2n) is 10.4. The lowest BCUT2D eigenvalue weighted by Gasteiger charge is -2.41. The minimum absolute atomic E-state index is 0.0585. The average Bonchev–Trinajstić information content (AvgIpc) is 3.35. The van der Waals surface area contributed by atoms with Crippen molar-refractivity contribution in [1.82, 2.24) is 10.2 Å². The van der Waals surface area contributed by atoms with Gasteiger partial charge in [0.2, 0.25) is 11.8 Å². The second kappa shape index (κ2) is 10.1. The molecule has 0 spiro atoms. The molecular weight excluding hydrogens is 432 g/mol. The average molecular weight is 469 g/mol. The minimum Gasteiger partial charge on any atom is -0.486 e. The van der Waals surface area contributed by atoms with E-state index in [0.29, 0.717) is 36.1 Å². The van der Waals surface area contributed by atoms with Crippen LogP contribution in [0.2, 0.25) is 0 Å². The Morgan fingerprint density at radius 1 is 1.09 bits per heavy atom. The first-order chi connectivity index (χ1) is 16.6. The maximum absolute atomic E-state index is 13.5. The third kappa shape index (κ3) is 4.73. The standard InChI is InChI=1S/C27H36N2O5/c30-14-13-28-27(33)20-15-21(25(32)26-24(20)19-7-3-4-8-22(19)34-26)29(16-18-9-10-18)23(31)12-11-17-5-1-2-6-17/h3-4,7-8,15,17-18,21,24-26,30,32H,1-2,5-6,9-14,16H2,(H,28,33). The Labute approximate surface area is 201 Å². The molecule has 3 aliphatic carbocycles. The molecule has 1 aliphatic heterocycles. The van der Waals surface area contributed by atoms with Gasteiger partial charge in [-0.15, -0.1) is 0 Å². The number of amides is 2. The van der Waals surface area contributed by atoms with Crippen LogP contribution in [-0.4, -0.2) is 64.9 Å². The number of hydrogen-bond donors (Lipinski definition) is 3. The third-order valence-electron chi connectivity index (χ3n) is 7.95. The molecule has 0 radical (unpaired) electrons. The van der Waals surface area contributed by atoms with Gasteiger partial charge in [0.15, 0.2) is 0 Å². The van der Waals surface area contributed by atoms with Gasteiger partial charge in [-0.25, -0.2) is 0 Å². The lowest BCUT2D eigenvalue weighted by atomic mass is 9.77. The summed E-state index contributed by atoms with van der Waals surface area (Å²) < 4.78 is 6.17. The van der Waals surface area contributed by atoms with Gasteiger partial charge in [-0.3, -0.25) is 9.59 Å². The van der Waals surface area contributed by atoms with Crippen LogP contribution in [0.4, 0.5) is 0 Å². The van der Waals surface area contributed by atoms with Gasteiger partial charge in [-0.2, -0.15) is 0 Å². The van der Waals surface area contributed by atoms with Crippen LogP contribution in [-0.2, 0) is 9.59 Å². The van der Waals surface area contributed by atoms with Crippen LogP contribution in [0, 0.1) is 11.8 Å². The van der Waals surface area contributed by atoms with Crippen LogP contribution < -0.4 is 10.1 Å². The van der Waals surface area contributed by atoms with Gasteiger partial charge in [0, 0.05) is 30.6 Å². The van der Waals surface area contributed by atoms with Crippen molar-refractivity contribution >= 4 is 11.8 Å². The summed E-state index contributed by atoms with van der Waals surface area (Å²) in [4.78, 5) is 28.5. The topological polar surface area (TPSA) is 99.1 Å². The number of benzene rings is 1. The highest BCUT2D eigenvalue weighted by atomic mass is 16.5. The van der Waals surface area contributed by atoms with E-state index in [2.05, 4.69) is 5.32 Å². The summed E-state index contributed by atoms with van der Waals surface area (Å²) in [7, 11) is 0. The van der Waals surface area contributed by atoms with Gasteiger partial charge < -0.3 is 25.2 Å². The Kier molecular flexibility index (Phi) is 6.93. The monoisotopic (exact) mass is 468 g/mol. The van der Waals surface area contributed by atoms with Gasteiger partial charge in [-0.05, 0) is 43.2 Å². The SMILES string of the molecule is O=C(NCCO)C1=CC(N(CC2CC2)C(=O)CCC2CCCC2)C(O)C2Oc3ccccc3C12. The summed E-state index contributed by atoms with van der Waals surface area (Å²) in [6, 6.07) is 6.95. The Hall–Kier alpha value is -2.38. The summed E-state index contributed by atoms with van der Waals surface area (Å²) in [5, 5.41) is 23.5. The fourth-order valence-corrected chi connectivity index (χ4v) is 5.93. The maximum Gasteiger partial charge on any atom is 0.247 e. The van der Waals surface area contributed by atoms with Crippen LogP contribution in [0.3, 0.4) is 0 Å². The molecule has 1 aromatic carbocycles. The number of rotatable bonds is 9. The van der Waals surface area contributed by atoms with Crippen LogP contribution in [0.5, 0.6) is 5.75 Å². The van der Waals surface area contributed by atoms with E-state index in [9.17, 15) is 19.8 Å². The first kappa shape index (κ1) is 23.4. The van der Waals surface area contributed by atoms with Gasteiger partial charge in [0.05, 0.1) is 18.6 Å². The highest BCUT2D eigenvalue weighted by Crippen LogP contribution is 2.47. The summed E-state index contributed by atoms with van der Waals surface area (Å²) in [5.74, 6) is 1.11. The first-order valence-electron chi connectivity index (χ1n) is 12.9. The van der Waals surface area contributed by atoms with Gasteiger partial charge in [0.25, 0.3) is 0 Å². The molecule has 3 N–H and O–H groups in total. The molecule has 2 saturated carbocycles. The Morgan fingerprint density at radius 3 is 2.59 bits per heavy atom. The molecule has 0 saturated heterocycles. The Morgan fingerprint density at radius 2 is 1.85 bits per heavy atom. The third-order valence-corrected chi connectivity index (χ3v) is 7.95. The first-order valence-corrected chi connectivity index (χ1v) is 12.9. The minimum atomic E-state index is -0.930. The molecule has 1 heterocycles. The van der Waals surface area contributed by atoms with Gasteiger partial charge in [-0.1, -0.05) is 43.9 Å². The highest BCUT2D eigenvalue weighted by molar-refractivity contribution is 5.96. The molecule has 7 heteroatoms. The van der Waals surface area contributed by atoms with Crippen molar-refractivity contribution in [3.63, 3.8) is 0 Å². The number of aliphatic hydroxyl groups excluding tert-OH is 2. The molecule has 184 valence electrons. The zero-order valence-electron chi connectivity index (χ0n) is 19.7. The Balaban J connectivity index is 1.43. The molecule has 0 bridgehead atoms. The molecule has 4 aliphatic rings. The lowest BCUT2D eigenvalue weighted by Crippen LogP contribution is -2.56. The number of hydrogen-bond acceptors (Lipinski definition) is 5. The van der Waals surface area contributed by atoms with E-state index in [1.807, 2.05) is 29.2 Å². The van der Waals surface area contributed by atoms with Crippen molar-refractivity contribution < 1.29 is 24.5 Å². The van der Waals surface area contributed by atoms with E-state index in [1.165, 1.54) is 25.7 Å². The smallest absolute Gasteiger partial charge is 0.247 e. The van der Waals surface area contributed by atoms with Crippen LogP contribution in [0.1, 0.15) is 62.8 Å². The normalized spacial score (nSPS) is 28.0. The molecule has 0 aromatic heterocycles. The van der Waals surface area contributed by atoms with E-state index in [4.69, 9.17) is 4.74 Å². The molecule has 7 nitrogen and oxygen atoms in total. The van der Waals surface area contributed by atoms with Gasteiger partial charge >= 0.3 is 0 Å². The number of carbonyl (C=O) groups is 2. The number of nitrogens with one attached hydrogen (secondary N) is 1. The molecule has 5 rings (SSSR count). The molecule has 4 unspecified atom stereocenters. The predicted molar refractivity (Wildman–Crippen MR) is 127 cm³/mol. The molecule has 2 fully saturated rings. The fourth-order valence-electron chi connectivity index (χ4n) is 5.93. The lowest BCUT2D eigenvalue weighted by molar-refractivity contribution is -0.137. The van der Waals surface area contributed by atoms with Crippen LogP contribution in [0.25, 0.3) is 0 Å². The van der Waals surface area contributed by atoms with Crippen molar-refractivity contribution in [2.24, 2.45) is 11.8 Å². The van der Waals surface area contributed by atoms with Crippen molar-refractivity contribution in [2.45, 2.75) is 75.5 Å².